The molecule has 0 saturated heterocycles. The normalized spacial score (nSPS) is 11.4. The highest BCUT2D eigenvalue weighted by atomic mass is 32.2. The Kier molecular flexibility index (Phi) is 4.19. The first-order chi connectivity index (χ1) is 9.90. The molecule has 112 valence electrons. The Morgan fingerprint density at radius 3 is 2.81 bits per heavy atom. The van der Waals surface area contributed by atoms with Gasteiger partial charge < -0.3 is 15.4 Å². The van der Waals surface area contributed by atoms with Gasteiger partial charge in [0.1, 0.15) is 0 Å². The average Bonchev–Trinajstić information content (AvgIpc) is 2.91. The van der Waals surface area contributed by atoms with Crippen LogP contribution >= 0.6 is 0 Å². The zero-order valence-electron chi connectivity index (χ0n) is 10.7. The maximum atomic E-state index is 12.1. The Balaban J connectivity index is 2.19. The van der Waals surface area contributed by atoms with Gasteiger partial charge in [-0.2, -0.15) is 4.98 Å². The summed E-state index contributed by atoms with van der Waals surface area (Å²) in [6.07, 6.45) is 1.34. The van der Waals surface area contributed by atoms with Crippen molar-refractivity contribution in [1.82, 2.24) is 14.9 Å². The average molecular weight is 312 g/mol. The monoisotopic (exact) mass is 312 g/mol. The van der Waals surface area contributed by atoms with Crippen LogP contribution in [-0.4, -0.2) is 36.2 Å². The zero-order valence-corrected chi connectivity index (χ0v) is 11.5. The molecule has 2 aromatic rings. The quantitative estimate of drug-likeness (QED) is 0.624. The number of carboxylic acids is 1. The summed E-state index contributed by atoms with van der Waals surface area (Å²) in [4.78, 5) is 14.4. The smallest absolute Gasteiger partial charge is 0.337 e. The number of sulfonamides is 1. The summed E-state index contributed by atoms with van der Waals surface area (Å²) in [7, 11) is -4.01. The van der Waals surface area contributed by atoms with Crippen molar-refractivity contribution in [2.45, 2.75) is 11.3 Å². The van der Waals surface area contributed by atoms with Gasteiger partial charge in [0.15, 0.2) is 5.82 Å². The highest BCUT2D eigenvalue weighted by molar-refractivity contribution is 7.89. The topological polar surface area (TPSA) is 148 Å². The number of aromatic carboxylic acids is 1. The van der Waals surface area contributed by atoms with E-state index in [1.807, 2.05) is 0 Å². The van der Waals surface area contributed by atoms with E-state index in [-0.39, 0.29) is 29.1 Å². The van der Waals surface area contributed by atoms with Crippen LogP contribution in [0.4, 0.5) is 5.69 Å². The van der Waals surface area contributed by atoms with Crippen LogP contribution < -0.4 is 10.5 Å². The van der Waals surface area contributed by atoms with Gasteiger partial charge in [-0.1, -0.05) is 5.16 Å². The van der Waals surface area contributed by atoms with Gasteiger partial charge in [-0.3, -0.25) is 0 Å². The number of anilines is 1. The fourth-order valence-corrected chi connectivity index (χ4v) is 2.88. The number of aromatic nitrogens is 2. The summed E-state index contributed by atoms with van der Waals surface area (Å²) in [5.41, 5.74) is 5.31. The molecule has 0 aliphatic carbocycles. The number of rotatable bonds is 6. The van der Waals surface area contributed by atoms with E-state index >= 15 is 0 Å². The molecule has 1 aromatic carbocycles. The van der Waals surface area contributed by atoms with E-state index < -0.39 is 16.0 Å². The first-order valence-electron chi connectivity index (χ1n) is 5.78. The second-order valence-corrected chi connectivity index (χ2v) is 5.79. The second-order valence-electron chi connectivity index (χ2n) is 4.06. The van der Waals surface area contributed by atoms with Crippen molar-refractivity contribution in [2.24, 2.45) is 0 Å². The molecule has 0 spiro atoms. The van der Waals surface area contributed by atoms with E-state index in [9.17, 15) is 13.2 Å². The molecule has 0 aliphatic rings. The van der Waals surface area contributed by atoms with E-state index in [1.54, 1.807) is 0 Å². The molecule has 10 heteroatoms. The molecular weight excluding hydrogens is 300 g/mol. The van der Waals surface area contributed by atoms with Gasteiger partial charge in [0, 0.05) is 18.7 Å². The van der Waals surface area contributed by atoms with Gasteiger partial charge in [0.05, 0.1) is 10.5 Å². The number of carbonyl (C=O) groups is 1. The molecule has 1 aromatic heterocycles. The molecule has 2 rings (SSSR count). The van der Waals surface area contributed by atoms with Crippen molar-refractivity contribution in [1.29, 1.82) is 0 Å². The number of carboxylic acid groups (broad SMARTS) is 1. The maximum absolute atomic E-state index is 12.1. The highest BCUT2D eigenvalue weighted by Gasteiger charge is 2.22. The van der Waals surface area contributed by atoms with Crippen molar-refractivity contribution in [3.05, 3.63) is 36.0 Å². The number of benzene rings is 1. The minimum Gasteiger partial charge on any atom is -0.478 e. The number of nitrogen functional groups attached to an aromatic ring is 1. The summed E-state index contributed by atoms with van der Waals surface area (Å²) in [5.74, 6) is -1.02. The molecule has 0 fully saturated rings. The van der Waals surface area contributed by atoms with E-state index in [0.717, 1.165) is 18.5 Å². The number of hydrogen-bond acceptors (Lipinski definition) is 7. The van der Waals surface area contributed by atoms with Crippen molar-refractivity contribution in [3.8, 4) is 0 Å². The third-order valence-electron chi connectivity index (χ3n) is 2.57. The summed E-state index contributed by atoms with van der Waals surface area (Å²) in [6.45, 7) is -0.00424. The minimum absolute atomic E-state index is 0.00424. The third-order valence-corrected chi connectivity index (χ3v) is 4.07. The Morgan fingerprint density at radius 1 is 1.43 bits per heavy atom. The van der Waals surface area contributed by atoms with Gasteiger partial charge >= 0.3 is 5.97 Å². The maximum Gasteiger partial charge on any atom is 0.337 e. The fourth-order valence-electron chi connectivity index (χ4n) is 1.62. The van der Waals surface area contributed by atoms with Crippen LogP contribution in [0.1, 0.15) is 16.2 Å². The Morgan fingerprint density at radius 2 is 2.19 bits per heavy atom. The lowest BCUT2D eigenvalue weighted by Gasteiger charge is -2.09. The summed E-state index contributed by atoms with van der Waals surface area (Å²) in [6, 6.07) is 3.56. The van der Waals surface area contributed by atoms with E-state index in [0.29, 0.717) is 5.82 Å². The number of nitrogens with two attached hydrogens (primary N) is 1. The summed E-state index contributed by atoms with van der Waals surface area (Å²) >= 11 is 0. The Hall–Kier alpha value is -2.46. The van der Waals surface area contributed by atoms with Crippen LogP contribution in [0.5, 0.6) is 0 Å². The molecule has 0 amide bonds. The van der Waals surface area contributed by atoms with Crippen molar-refractivity contribution >= 4 is 21.7 Å². The minimum atomic E-state index is -4.01. The molecule has 21 heavy (non-hydrogen) atoms. The lowest BCUT2D eigenvalue weighted by atomic mass is 10.2. The largest absolute Gasteiger partial charge is 0.478 e. The van der Waals surface area contributed by atoms with Crippen LogP contribution in [0.25, 0.3) is 0 Å². The van der Waals surface area contributed by atoms with Gasteiger partial charge in [0.25, 0.3) is 0 Å². The van der Waals surface area contributed by atoms with Crippen molar-refractivity contribution < 1.29 is 22.8 Å². The predicted molar refractivity (Wildman–Crippen MR) is 71.0 cm³/mol. The fraction of sp³-hybridized carbons (Fsp3) is 0.182. The molecule has 0 radical (unpaired) electrons. The molecule has 0 unspecified atom stereocenters. The van der Waals surface area contributed by atoms with E-state index in [4.69, 9.17) is 10.8 Å². The Bertz CT molecular complexity index is 742. The Labute approximate surface area is 119 Å². The molecule has 4 N–H and O–H groups in total. The SMILES string of the molecule is Nc1ccc(C(=O)O)c(S(=O)(=O)NCCc2ncon2)c1. The number of nitrogens with one attached hydrogen (secondary N) is 1. The summed E-state index contributed by atoms with van der Waals surface area (Å²) < 4.78 is 31.1. The zero-order chi connectivity index (χ0) is 15.5. The number of hydrogen-bond donors (Lipinski definition) is 3. The molecule has 0 bridgehead atoms. The molecule has 9 nitrogen and oxygen atoms in total. The molecule has 0 saturated carbocycles. The van der Waals surface area contributed by atoms with Crippen LogP contribution in [0, 0.1) is 0 Å². The van der Waals surface area contributed by atoms with Crippen LogP contribution in [0.2, 0.25) is 0 Å². The second kappa shape index (κ2) is 5.89. The highest BCUT2D eigenvalue weighted by Crippen LogP contribution is 2.19. The molecule has 0 aliphatic heterocycles. The number of nitrogens with zero attached hydrogens (tertiary/aromatic N) is 2. The first kappa shape index (κ1) is 14.9. The third kappa shape index (κ3) is 3.55. The van der Waals surface area contributed by atoms with Crippen molar-refractivity contribution in [3.63, 3.8) is 0 Å². The molecule has 1 heterocycles. The molecule has 0 atom stereocenters. The van der Waals surface area contributed by atoms with Gasteiger partial charge in [-0.15, -0.1) is 0 Å². The first-order valence-corrected chi connectivity index (χ1v) is 7.26. The van der Waals surface area contributed by atoms with Crippen LogP contribution in [0.3, 0.4) is 0 Å². The lowest BCUT2D eigenvalue weighted by Crippen LogP contribution is -2.28. The van der Waals surface area contributed by atoms with Gasteiger partial charge in [-0.05, 0) is 18.2 Å². The van der Waals surface area contributed by atoms with E-state index in [2.05, 4.69) is 19.4 Å². The van der Waals surface area contributed by atoms with E-state index in [1.165, 1.54) is 6.07 Å². The van der Waals surface area contributed by atoms with Gasteiger partial charge in [0.2, 0.25) is 16.4 Å². The van der Waals surface area contributed by atoms with Crippen LogP contribution in [0.15, 0.2) is 34.0 Å². The lowest BCUT2D eigenvalue weighted by molar-refractivity contribution is 0.0692. The molecular formula is C11H12N4O5S. The predicted octanol–water partition coefficient (Wildman–Crippen LogP) is -0.129. The summed E-state index contributed by atoms with van der Waals surface area (Å²) in [5, 5.41) is 12.6. The van der Waals surface area contributed by atoms with Crippen LogP contribution in [-0.2, 0) is 16.4 Å². The standard InChI is InChI=1S/C11H12N4O5S/c12-7-1-2-8(11(16)17)9(5-7)21(18,19)14-4-3-10-13-6-20-15-10/h1-2,5-6,14H,3-4,12H2,(H,16,17). The van der Waals surface area contributed by atoms with Crippen molar-refractivity contribution in [2.75, 3.05) is 12.3 Å². The van der Waals surface area contributed by atoms with Gasteiger partial charge in [-0.25, -0.2) is 17.9 Å².